The Kier molecular flexibility index (Phi) is 4.08. The standard InChI is InChI=1S/C17H20N2O/c1-12-5-4-6-14(9-12)11-19(3)17(20)16-8-7-15(18)10-13(16)2/h4-10H,11,18H2,1-3H3. The van der Waals surface area contributed by atoms with Gasteiger partial charge in [0, 0.05) is 24.8 Å². The quantitative estimate of drug-likeness (QED) is 0.869. The number of aryl methyl sites for hydroxylation is 2. The average molecular weight is 268 g/mol. The first kappa shape index (κ1) is 14.1. The van der Waals surface area contributed by atoms with Crippen LogP contribution in [0.15, 0.2) is 42.5 Å². The van der Waals surface area contributed by atoms with Crippen LogP contribution in [0.4, 0.5) is 5.69 Å². The summed E-state index contributed by atoms with van der Waals surface area (Å²) in [6.45, 7) is 4.56. The molecule has 2 rings (SSSR count). The van der Waals surface area contributed by atoms with Crippen LogP contribution < -0.4 is 5.73 Å². The van der Waals surface area contributed by atoms with E-state index in [-0.39, 0.29) is 5.91 Å². The summed E-state index contributed by atoms with van der Waals surface area (Å²) in [4.78, 5) is 14.2. The zero-order chi connectivity index (χ0) is 14.7. The van der Waals surface area contributed by atoms with Crippen LogP contribution in [0.3, 0.4) is 0 Å². The minimum atomic E-state index is 0.0176. The van der Waals surface area contributed by atoms with Crippen LogP contribution in [0.1, 0.15) is 27.0 Å². The van der Waals surface area contributed by atoms with Gasteiger partial charge >= 0.3 is 0 Å². The third-order valence-corrected chi connectivity index (χ3v) is 3.33. The highest BCUT2D eigenvalue weighted by Crippen LogP contribution is 2.16. The number of nitrogens with zero attached hydrogens (tertiary/aromatic N) is 1. The number of hydrogen-bond acceptors (Lipinski definition) is 2. The second-order valence-corrected chi connectivity index (χ2v) is 5.22. The fraction of sp³-hybridized carbons (Fsp3) is 0.235. The lowest BCUT2D eigenvalue weighted by Crippen LogP contribution is -2.26. The smallest absolute Gasteiger partial charge is 0.254 e. The van der Waals surface area contributed by atoms with Crippen molar-refractivity contribution in [3.63, 3.8) is 0 Å². The molecule has 0 spiro atoms. The first-order chi connectivity index (χ1) is 9.47. The molecule has 0 atom stereocenters. The molecule has 0 radical (unpaired) electrons. The first-order valence-corrected chi connectivity index (χ1v) is 6.64. The predicted molar refractivity (Wildman–Crippen MR) is 82.6 cm³/mol. The van der Waals surface area contributed by atoms with Crippen molar-refractivity contribution in [1.82, 2.24) is 4.90 Å². The van der Waals surface area contributed by atoms with Gasteiger partial charge in [0.2, 0.25) is 0 Å². The Morgan fingerprint density at radius 2 is 1.90 bits per heavy atom. The third kappa shape index (κ3) is 3.18. The third-order valence-electron chi connectivity index (χ3n) is 3.33. The van der Waals surface area contributed by atoms with Gasteiger partial charge in [-0.15, -0.1) is 0 Å². The van der Waals surface area contributed by atoms with Gasteiger partial charge in [-0.2, -0.15) is 0 Å². The predicted octanol–water partition coefficient (Wildman–Crippen LogP) is 3.16. The van der Waals surface area contributed by atoms with Gasteiger partial charge < -0.3 is 10.6 Å². The number of amides is 1. The summed E-state index contributed by atoms with van der Waals surface area (Å²) in [6, 6.07) is 13.6. The molecule has 3 heteroatoms. The molecular weight excluding hydrogens is 248 g/mol. The monoisotopic (exact) mass is 268 g/mol. The van der Waals surface area contributed by atoms with Gasteiger partial charge in [0.1, 0.15) is 0 Å². The molecule has 20 heavy (non-hydrogen) atoms. The van der Waals surface area contributed by atoms with Crippen molar-refractivity contribution in [3.8, 4) is 0 Å². The van der Waals surface area contributed by atoms with E-state index in [0.717, 1.165) is 11.1 Å². The van der Waals surface area contributed by atoms with Crippen LogP contribution in [0, 0.1) is 13.8 Å². The van der Waals surface area contributed by atoms with E-state index in [0.29, 0.717) is 17.8 Å². The molecule has 0 aliphatic rings. The number of hydrogen-bond donors (Lipinski definition) is 1. The zero-order valence-electron chi connectivity index (χ0n) is 12.2. The van der Waals surface area contributed by atoms with Crippen molar-refractivity contribution in [2.45, 2.75) is 20.4 Å². The molecule has 2 aromatic rings. The number of anilines is 1. The van der Waals surface area contributed by atoms with Crippen LogP contribution in [0.2, 0.25) is 0 Å². The molecule has 0 heterocycles. The Bertz CT molecular complexity index is 635. The number of rotatable bonds is 3. The van der Waals surface area contributed by atoms with Crippen molar-refractivity contribution >= 4 is 11.6 Å². The highest BCUT2D eigenvalue weighted by molar-refractivity contribution is 5.95. The Hall–Kier alpha value is -2.29. The van der Waals surface area contributed by atoms with Crippen LogP contribution in [-0.2, 0) is 6.54 Å². The number of carbonyl (C=O) groups excluding carboxylic acids is 1. The van der Waals surface area contributed by atoms with E-state index < -0.39 is 0 Å². The molecule has 0 aliphatic carbocycles. The van der Waals surface area contributed by atoms with Gasteiger partial charge in [0.15, 0.2) is 0 Å². The molecule has 0 saturated carbocycles. The summed E-state index contributed by atoms with van der Waals surface area (Å²) in [7, 11) is 1.82. The van der Waals surface area contributed by atoms with Crippen molar-refractivity contribution in [2.24, 2.45) is 0 Å². The molecule has 0 bridgehead atoms. The molecule has 104 valence electrons. The molecule has 0 saturated heterocycles. The lowest BCUT2D eigenvalue weighted by atomic mass is 10.1. The summed E-state index contributed by atoms with van der Waals surface area (Å²) >= 11 is 0. The molecule has 1 amide bonds. The van der Waals surface area contributed by atoms with E-state index in [2.05, 4.69) is 19.1 Å². The average Bonchev–Trinajstić information content (AvgIpc) is 2.38. The van der Waals surface area contributed by atoms with Gasteiger partial charge in [0.25, 0.3) is 5.91 Å². The summed E-state index contributed by atoms with van der Waals surface area (Å²) in [6.07, 6.45) is 0. The van der Waals surface area contributed by atoms with E-state index in [1.54, 1.807) is 17.0 Å². The van der Waals surface area contributed by atoms with Crippen molar-refractivity contribution in [1.29, 1.82) is 0 Å². The maximum absolute atomic E-state index is 12.5. The maximum Gasteiger partial charge on any atom is 0.254 e. The molecule has 2 N–H and O–H groups in total. The van der Waals surface area contributed by atoms with Gasteiger partial charge in [-0.25, -0.2) is 0 Å². The highest BCUT2D eigenvalue weighted by Gasteiger charge is 2.14. The Balaban J connectivity index is 2.16. The number of nitrogen functional groups attached to an aromatic ring is 1. The molecule has 3 nitrogen and oxygen atoms in total. The van der Waals surface area contributed by atoms with E-state index in [1.165, 1.54) is 5.56 Å². The summed E-state index contributed by atoms with van der Waals surface area (Å²) in [5.41, 5.74) is 10.3. The highest BCUT2D eigenvalue weighted by atomic mass is 16.2. The molecule has 0 fully saturated rings. The lowest BCUT2D eigenvalue weighted by molar-refractivity contribution is 0.0784. The number of nitrogens with two attached hydrogens (primary N) is 1. The SMILES string of the molecule is Cc1cccc(CN(C)C(=O)c2ccc(N)cc2C)c1. The maximum atomic E-state index is 12.5. The summed E-state index contributed by atoms with van der Waals surface area (Å²) in [5, 5.41) is 0. The van der Waals surface area contributed by atoms with E-state index >= 15 is 0 Å². The van der Waals surface area contributed by atoms with Gasteiger partial charge in [-0.05, 0) is 43.2 Å². The van der Waals surface area contributed by atoms with Crippen LogP contribution in [0.25, 0.3) is 0 Å². The number of carbonyl (C=O) groups is 1. The van der Waals surface area contributed by atoms with Crippen molar-refractivity contribution in [3.05, 3.63) is 64.7 Å². The minimum absolute atomic E-state index is 0.0176. The Morgan fingerprint density at radius 3 is 2.55 bits per heavy atom. The second kappa shape index (κ2) is 5.78. The molecule has 0 aliphatic heterocycles. The van der Waals surface area contributed by atoms with Gasteiger partial charge in [-0.1, -0.05) is 29.8 Å². The minimum Gasteiger partial charge on any atom is -0.399 e. The lowest BCUT2D eigenvalue weighted by Gasteiger charge is -2.19. The molecule has 2 aromatic carbocycles. The zero-order valence-corrected chi connectivity index (χ0v) is 12.2. The normalized spacial score (nSPS) is 10.3. The number of benzene rings is 2. The van der Waals surface area contributed by atoms with Crippen molar-refractivity contribution in [2.75, 3.05) is 12.8 Å². The largest absolute Gasteiger partial charge is 0.399 e. The first-order valence-electron chi connectivity index (χ1n) is 6.64. The molecule has 0 aromatic heterocycles. The van der Waals surface area contributed by atoms with Crippen molar-refractivity contribution < 1.29 is 4.79 Å². The van der Waals surface area contributed by atoms with Crippen LogP contribution in [-0.4, -0.2) is 17.9 Å². The van der Waals surface area contributed by atoms with Gasteiger partial charge in [-0.3, -0.25) is 4.79 Å². The molecule has 0 unspecified atom stereocenters. The van der Waals surface area contributed by atoms with Crippen LogP contribution >= 0.6 is 0 Å². The van der Waals surface area contributed by atoms with E-state index in [1.807, 2.05) is 32.2 Å². The Morgan fingerprint density at radius 1 is 1.15 bits per heavy atom. The summed E-state index contributed by atoms with van der Waals surface area (Å²) in [5.74, 6) is 0.0176. The topological polar surface area (TPSA) is 46.3 Å². The van der Waals surface area contributed by atoms with Gasteiger partial charge in [0.05, 0.1) is 0 Å². The van der Waals surface area contributed by atoms with Crippen LogP contribution in [0.5, 0.6) is 0 Å². The van der Waals surface area contributed by atoms with E-state index in [9.17, 15) is 4.79 Å². The Labute approximate surface area is 120 Å². The summed E-state index contributed by atoms with van der Waals surface area (Å²) < 4.78 is 0. The van der Waals surface area contributed by atoms with E-state index in [4.69, 9.17) is 5.73 Å². The molecular formula is C17H20N2O. The fourth-order valence-corrected chi connectivity index (χ4v) is 2.29. The fourth-order valence-electron chi connectivity index (χ4n) is 2.29. The second-order valence-electron chi connectivity index (χ2n) is 5.22.